The van der Waals surface area contributed by atoms with Crippen molar-refractivity contribution in [3.05, 3.63) is 29.0 Å². The quantitative estimate of drug-likeness (QED) is 0.728. The molecule has 2 nitrogen and oxygen atoms in total. The van der Waals surface area contributed by atoms with Crippen molar-refractivity contribution in [3.8, 4) is 0 Å². The molecular weight excluding hydrogens is 267 g/mol. The molecule has 0 amide bonds. The summed E-state index contributed by atoms with van der Waals surface area (Å²) in [5.74, 6) is 1.71. The molecule has 1 fully saturated rings. The van der Waals surface area contributed by atoms with Gasteiger partial charge in [-0.25, -0.2) is 4.98 Å². The van der Waals surface area contributed by atoms with E-state index in [0.717, 1.165) is 27.8 Å². The predicted octanol–water partition coefficient (Wildman–Crippen LogP) is 4.96. The van der Waals surface area contributed by atoms with Crippen LogP contribution < -0.4 is 0 Å². The molecule has 0 radical (unpaired) electrons. The van der Waals surface area contributed by atoms with Crippen molar-refractivity contribution in [2.24, 2.45) is 5.92 Å². The third-order valence-electron chi connectivity index (χ3n) is 3.75. The number of rotatable bonds is 3. The SMILES string of the molecule is CC(Cl)c1nc2ccc(Cl)cc2n1C(C)C1CC1. The smallest absolute Gasteiger partial charge is 0.127 e. The van der Waals surface area contributed by atoms with Gasteiger partial charge in [0.15, 0.2) is 0 Å². The van der Waals surface area contributed by atoms with Gasteiger partial charge in [0, 0.05) is 11.1 Å². The highest BCUT2D eigenvalue weighted by Gasteiger charge is 2.32. The Hall–Kier alpha value is -0.730. The molecule has 2 aromatic rings. The van der Waals surface area contributed by atoms with Gasteiger partial charge in [0.1, 0.15) is 5.82 Å². The number of alkyl halides is 1. The Kier molecular flexibility index (Phi) is 3.03. The molecule has 4 heteroatoms. The Bertz CT molecular complexity index is 585. The fourth-order valence-electron chi connectivity index (χ4n) is 2.58. The molecule has 1 heterocycles. The number of nitrogens with zero attached hydrogens (tertiary/aromatic N) is 2. The molecule has 0 aliphatic heterocycles. The van der Waals surface area contributed by atoms with Crippen molar-refractivity contribution in [1.29, 1.82) is 0 Å². The summed E-state index contributed by atoms with van der Waals surface area (Å²) in [5.41, 5.74) is 2.08. The Morgan fingerprint density at radius 2 is 2.06 bits per heavy atom. The Morgan fingerprint density at radius 1 is 1.33 bits per heavy atom. The third kappa shape index (κ3) is 2.02. The van der Waals surface area contributed by atoms with Gasteiger partial charge in [-0.15, -0.1) is 11.6 Å². The van der Waals surface area contributed by atoms with Crippen molar-refractivity contribution in [2.75, 3.05) is 0 Å². The first kappa shape index (κ1) is 12.3. The standard InChI is InChI=1S/C14H16Cl2N2/c1-8(15)14-17-12-6-5-11(16)7-13(12)18(14)9(2)10-3-4-10/h5-10H,3-4H2,1-2H3. The highest BCUT2D eigenvalue weighted by atomic mass is 35.5. The molecule has 2 atom stereocenters. The summed E-state index contributed by atoms with van der Waals surface area (Å²) < 4.78 is 2.27. The van der Waals surface area contributed by atoms with Gasteiger partial charge in [0.25, 0.3) is 0 Å². The molecule has 0 saturated heterocycles. The molecule has 18 heavy (non-hydrogen) atoms. The molecular formula is C14H16Cl2N2. The molecule has 96 valence electrons. The monoisotopic (exact) mass is 282 g/mol. The zero-order valence-corrected chi connectivity index (χ0v) is 12.0. The van der Waals surface area contributed by atoms with Gasteiger partial charge < -0.3 is 4.57 Å². The second-order valence-electron chi connectivity index (χ2n) is 5.17. The maximum absolute atomic E-state index is 6.27. The fraction of sp³-hybridized carbons (Fsp3) is 0.500. The van der Waals surface area contributed by atoms with E-state index in [1.54, 1.807) is 0 Å². The van der Waals surface area contributed by atoms with Crippen molar-refractivity contribution in [1.82, 2.24) is 9.55 Å². The lowest BCUT2D eigenvalue weighted by Crippen LogP contribution is -2.11. The lowest BCUT2D eigenvalue weighted by molar-refractivity contribution is 0.480. The highest BCUT2D eigenvalue weighted by Crippen LogP contribution is 2.42. The van der Waals surface area contributed by atoms with E-state index in [0.29, 0.717) is 6.04 Å². The van der Waals surface area contributed by atoms with Crippen LogP contribution in [0.1, 0.15) is 43.9 Å². The number of hydrogen-bond acceptors (Lipinski definition) is 1. The van der Waals surface area contributed by atoms with Crippen LogP contribution in [0.2, 0.25) is 5.02 Å². The molecule has 1 saturated carbocycles. The summed E-state index contributed by atoms with van der Waals surface area (Å²) in [4.78, 5) is 4.66. The van der Waals surface area contributed by atoms with Gasteiger partial charge in [-0.05, 0) is 50.8 Å². The van der Waals surface area contributed by atoms with E-state index in [2.05, 4.69) is 16.5 Å². The molecule has 0 bridgehead atoms. The van der Waals surface area contributed by atoms with E-state index in [9.17, 15) is 0 Å². The zero-order chi connectivity index (χ0) is 12.9. The summed E-state index contributed by atoms with van der Waals surface area (Å²) in [6.07, 6.45) is 2.61. The summed E-state index contributed by atoms with van der Waals surface area (Å²) in [6.45, 7) is 4.23. The second-order valence-corrected chi connectivity index (χ2v) is 6.26. The van der Waals surface area contributed by atoms with Crippen LogP contribution in [0.3, 0.4) is 0 Å². The molecule has 3 rings (SSSR count). The summed E-state index contributed by atoms with van der Waals surface area (Å²) >= 11 is 12.4. The molecule has 0 N–H and O–H groups in total. The van der Waals surface area contributed by atoms with Crippen LogP contribution in [-0.2, 0) is 0 Å². The van der Waals surface area contributed by atoms with Crippen LogP contribution in [0.5, 0.6) is 0 Å². The van der Waals surface area contributed by atoms with E-state index < -0.39 is 0 Å². The minimum Gasteiger partial charge on any atom is -0.324 e. The van der Waals surface area contributed by atoms with Crippen LogP contribution in [0.25, 0.3) is 11.0 Å². The number of imidazole rings is 1. The summed E-state index contributed by atoms with van der Waals surface area (Å²) in [7, 11) is 0. The first-order valence-corrected chi connectivity index (χ1v) is 7.21. The number of aromatic nitrogens is 2. The summed E-state index contributed by atoms with van der Waals surface area (Å²) in [6, 6.07) is 6.29. The maximum Gasteiger partial charge on any atom is 0.127 e. The average molecular weight is 283 g/mol. The summed E-state index contributed by atoms with van der Waals surface area (Å²) in [5, 5.41) is 0.665. The number of halogens is 2. The first-order valence-electron chi connectivity index (χ1n) is 6.39. The number of fused-ring (bicyclic) bond motifs is 1. The van der Waals surface area contributed by atoms with E-state index >= 15 is 0 Å². The molecule has 0 spiro atoms. The third-order valence-corrected chi connectivity index (χ3v) is 4.18. The van der Waals surface area contributed by atoms with Crippen molar-refractivity contribution >= 4 is 34.2 Å². The van der Waals surface area contributed by atoms with E-state index in [4.69, 9.17) is 23.2 Å². The van der Waals surface area contributed by atoms with E-state index in [1.807, 2.05) is 25.1 Å². The van der Waals surface area contributed by atoms with Gasteiger partial charge in [-0.3, -0.25) is 0 Å². The molecule has 1 aliphatic rings. The second kappa shape index (κ2) is 4.43. The van der Waals surface area contributed by atoms with E-state index in [-0.39, 0.29) is 5.38 Å². The van der Waals surface area contributed by atoms with Crippen LogP contribution in [0, 0.1) is 5.92 Å². The molecule has 1 aliphatic carbocycles. The predicted molar refractivity (Wildman–Crippen MR) is 76.4 cm³/mol. The van der Waals surface area contributed by atoms with Gasteiger partial charge >= 0.3 is 0 Å². The molecule has 1 aromatic heterocycles. The minimum atomic E-state index is -0.0858. The Labute approximate surface area is 117 Å². The topological polar surface area (TPSA) is 17.8 Å². The zero-order valence-electron chi connectivity index (χ0n) is 10.5. The van der Waals surface area contributed by atoms with Crippen LogP contribution in [0.15, 0.2) is 18.2 Å². The maximum atomic E-state index is 6.27. The van der Waals surface area contributed by atoms with Crippen LogP contribution >= 0.6 is 23.2 Å². The lowest BCUT2D eigenvalue weighted by Gasteiger charge is -2.18. The average Bonchev–Trinajstić information content (AvgIpc) is 3.09. The van der Waals surface area contributed by atoms with Crippen LogP contribution in [-0.4, -0.2) is 9.55 Å². The highest BCUT2D eigenvalue weighted by molar-refractivity contribution is 6.31. The normalized spacial score (nSPS) is 19.1. The molecule has 2 unspecified atom stereocenters. The first-order chi connectivity index (χ1) is 8.58. The fourth-order valence-corrected chi connectivity index (χ4v) is 2.90. The minimum absolute atomic E-state index is 0.0858. The van der Waals surface area contributed by atoms with Crippen molar-refractivity contribution in [3.63, 3.8) is 0 Å². The number of benzene rings is 1. The van der Waals surface area contributed by atoms with Crippen molar-refractivity contribution in [2.45, 2.75) is 38.1 Å². The van der Waals surface area contributed by atoms with Gasteiger partial charge in [-0.1, -0.05) is 11.6 Å². The van der Waals surface area contributed by atoms with Gasteiger partial charge in [0.05, 0.1) is 16.4 Å². The van der Waals surface area contributed by atoms with Crippen molar-refractivity contribution < 1.29 is 0 Å². The lowest BCUT2D eigenvalue weighted by atomic mass is 10.2. The number of hydrogen-bond donors (Lipinski definition) is 0. The van der Waals surface area contributed by atoms with Gasteiger partial charge in [-0.2, -0.15) is 0 Å². The van der Waals surface area contributed by atoms with Gasteiger partial charge in [0.2, 0.25) is 0 Å². The van der Waals surface area contributed by atoms with Crippen LogP contribution in [0.4, 0.5) is 0 Å². The largest absolute Gasteiger partial charge is 0.324 e. The Morgan fingerprint density at radius 3 is 2.67 bits per heavy atom. The van der Waals surface area contributed by atoms with E-state index in [1.165, 1.54) is 12.8 Å². The Balaban J connectivity index is 2.22. The molecule has 1 aromatic carbocycles.